The molecule has 1 unspecified atom stereocenters. The maximum Gasteiger partial charge on any atom is 0.332 e. The van der Waals surface area contributed by atoms with Gasteiger partial charge in [0.2, 0.25) is 5.95 Å². The van der Waals surface area contributed by atoms with Crippen LogP contribution in [-0.2, 0) is 14.1 Å². The Bertz CT molecular complexity index is 1060. The molecule has 1 aliphatic rings. The van der Waals surface area contributed by atoms with E-state index in [-0.39, 0.29) is 5.56 Å². The molecule has 1 aliphatic heterocycles. The molecule has 0 amide bonds. The lowest BCUT2D eigenvalue weighted by Gasteiger charge is -2.28. The highest BCUT2D eigenvalue weighted by molar-refractivity contribution is 6.30. The van der Waals surface area contributed by atoms with Gasteiger partial charge in [-0.2, -0.15) is 10.1 Å². The van der Waals surface area contributed by atoms with Crippen LogP contribution in [0.25, 0.3) is 0 Å². The van der Waals surface area contributed by atoms with Gasteiger partial charge in [0, 0.05) is 19.1 Å². The minimum Gasteiger partial charge on any atom is -0.310 e. The summed E-state index contributed by atoms with van der Waals surface area (Å²) < 4.78 is 4.11. The number of anilines is 2. The van der Waals surface area contributed by atoms with E-state index in [1.54, 1.807) is 23.9 Å². The van der Waals surface area contributed by atoms with Gasteiger partial charge >= 0.3 is 5.69 Å². The summed E-state index contributed by atoms with van der Waals surface area (Å²) in [7, 11) is 3.07. The third kappa shape index (κ3) is 1.93. The Balaban J connectivity index is 2.08. The number of nitrogens with one attached hydrogen (secondary N) is 1. The van der Waals surface area contributed by atoms with Crippen molar-refractivity contribution in [3.63, 3.8) is 0 Å². The first kappa shape index (κ1) is 14.7. The van der Waals surface area contributed by atoms with Gasteiger partial charge in [0.25, 0.3) is 5.56 Å². The molecule has 0 spiro atoms. The molecule has 0 saturated heterocycles. The van der Waals surface area contributed by atoms with Crippen LogP contribution in [0, 0.1) is 0 Å². The van der Waals surface area contributed by atoms with Crippen molar-refractivity contribution in [3.05, 3.63) is 67.6 Å². The Morgan fingerprint density at radius 3 is 2.54 bits per heavy atom. The van der Waals surface area contributed by atoms with E-state index in [0.717, 1.165) is 10.1 Å². The van der Waals surface area contributed by atoms with Crippen molar-refractivity contribution < 1.29 is 0 Å². The smallest absolute Gasteiger partial charge is 0.310 e. The van der Waals surface area contributed by atoms with Crippen molar-refractivity contribution >= 4 is 23.4 Å². The number of hydrogen-bond donors (Lipinski definition) is 1. The number of fused-ring (bicyclic) bond motifs is 2. The van der Waals surface area contributed by atoms with Gasteiger partial charge in [-0.3, -0.25) is 13.9 Å². The maximum absolute atomic E-state index is 12.8. The summed E-state index contributed by atoms with van der Waals surface area (Å²) in [6.07, 6.45) is 1.40. The molecule has 2 aromatic heterocycles. The first-order valence-electron chi connectivity index (χ1n) is 7.21. The van der Waals surface area contributed by atoms with Gasteiger partial charge in [-0.1, -0.05) is 23.7 Å². The van der Waals surface area contributed by atoms with Crippen molar-refractivity contribution in [2.45, 2.75) is 6.04 Å². The van der Waals surface area contributed by atoms with E-state index in [0.29, 0.717) is 22.4 Å². The normalized spacial score (nSPS) is 15.5. The minimum atomic E-state index is -0.499. The Kier molecular flexibility index (Phi) is 3.10. The SMILES string of the molecule is Cn1c2c(c(=O)n(C)c1=O)C(c1ccc(Cl)cc1)n1ncnc1N2. The lowest BCUT2D eigenvalue weighted by atomic mass is 9.99. The Labute approximate surface area is 140 Å². The molecule has 0 radical (unpaired) electrons. The van der Waals surface area contributed by atoms with Crippen LogP contribution in [0.1, 0.15) is 17.2 Å². The van der Waals surface area contributed by atoms with Crippen LogP contribution in [0.3, 0.4) is 0 Å². The fraction of sp³-hybridized carbons (Fsp3) is 0.200. The second kappa shape index (κ2) is 5.07. The van der Waals surface area contributed by atoms with Crippen LogP contribution in [0.5, 0.6) is 0 Å². The molecule has 4 rings (SSSR count). The van der Waals surface area contributed by atoms with Gasteiger partial charge in [0.15, 0.2) is 0 Å². The third-order valence-corrected chi connectivity index (χ3v) is 4.46. The van der Waals surface area contributed by atoms with E-state index in [1.807, 2.05) is 12.1 Å². The van der Waals surface area contributed by atoms with E-state index in [9.17, 15) is 9.59 Å². The zero-order valence-corrected chi connectivity index (χ0v) is 13.7. The van der Waals surface area contributed by atoms with E-state index < -0.39 is 11.7 Å². The highest BCUT2D eigenvalue weighted by Gasteiger charge is 2.33. The van der Waals surface area contributed by atoms with Crippen molar-refractivity contribution in [1.82, 2.24) is 23.9 Å². The summed E-state index contributed by atoms with van der Waals surface area (Å²) in [5, 5.41) is 7.85. The number of aromatic nitrogens is 5. The number of nitrogens with zero attached hydrogens (tertiary/aromatic N) is 5. The number of benzene rings is 1. The molecule has 3 heterocycles. The zero-order valence-electron chi connectivity index (χ0n) is 12.9. The number of hydrogen-bond acceptors (Lipinski definition) is 5. The molecular formula is C15H13ClN6O2. The molecular weight excluding hydrogens is 332 g/mol. The molecule has 0 fully saturated rings. The van der Waals surface area contributed by atoms with Gasteiger partial charge in [0.05, 0.1) is 5.56 Å². The number of rotatable bonds is 1. The molecule has 3 aromatic rings. The molecule has 1 aromatic carbocycles. The van der Waals surface area contributed by atoms with Gasteiger partial charge < -0.3 is 5.32 Å². The fourth-order valence-corrected chi connectivity index (χ4v) is 3.10. The molecule has 0 aliphatic carbocycles. The van der Waals surface area contributed by atoms with Crippen LogP contribution >= 0.6 is 11.6 Å². The molecule has 0 saturated carbocycles. The first-order chi connectivity index (χ1) is 11.5. The summed E-state index contributed by atoms with van der Waals surface area (Å²) in [5.74, 6) is 0.884. The van der Waals surface area contributed by atoms with Crippen LogP contribution in [0.15, 0.2) is 40.2 Å². The predicted molar refractivity (Wildman–Crippen MR) is 88.9 cm³/mol. The largest absolute Gasteiger partial charge is 0.332 e. The molecule has 8 nitrogen and oxygen atoms in total. The molecule has 9 heteroatoms. The van der Waals surface area contributed by atoms with E-state index in [2.05, 4.69) is 15.4 Å². The maximum atomic E-state index is 12.8. The summed E-state index contributed by atoms with van der Waals surface area (Å²) in [5.41, 5.74) is 0.473. The fourth-order valence-electron chi connectivity index (χ4n) is 2.98. The average Bonchev–Trinajstić information content (AvgIpc) is 3.05. The van der Waals surface area contributed by atoms with Gasteiger partial charge in [-0.25, -0.2) is 9.48 Å². The van der Waals surface area contributed by atoms with Crippen molar-refractivity contribution in [2.75, 3.05) is 5.32 Å². The van der Waals surface area contributed by atoms with E-state index >= 15 is 0 Å². The number of halogens is 1. The van der Waals surface area contributed by atoms with Crippen LogP contribution < -0.4 is 16.6 Å². The molecule has 1 atom stereocenters. The monoisotopic (exact) mass is 344 g/mol. The topological polar surface area (TPSA) is 86.7 Å². The second-order valence-electron chi connectivity index (χ2n) is 5.58. The Morgan fingerprint density at radius 2 is 1.83 bits per heavy atom. The van der Waals surface area contributed by atoms with E-state index in [4.69, 9.17) is 11.6 Å². The van der Waals surface area contributed by atoms with Crippen LogP contribution in [0.4, 0.5) is 11.8 Å². The molecule has 0 bridgehead atoms. The Hall–Kier alpha value is -2.87. The van der Waals surface area contributed by atoms with Crippen LogP contribution in [0.2, 0.25) is 5.02 Å². The minimum absolute atomic E-state index is 0.373. The predicted octanol–water partition coefficient (Wildman–Crippen LogP) is 1.02. The third-order valence-electron chi connectivity index (χ3n) is 4.21. The zero-order chi connectivity index (χ0) is 17.0. The lowest BCUT2D eigenvalue weighted by Crippen LogP contribution is -2.43. The van der Waals surface area contributed by atoms with Gasteiger partial charge in [-0.15, -0.1) is 0 Å². The van der Waals surface area contributed by atoms with Gasteiger partial charge in [-0.05, 0) is 17.7 Å². The second-order valence-corrected chi connectivity index (χ2v) is 6.01. The summed E-state index contributed by atoms with van der Waals surface area (Å²) in [4.78, 5) is 29.2. The molecule has 1 N–H and O–H groups in total. The van der Waals surface area contributed by atoms with E-state index in [1.165, 1.54) is 17.9 Å². The summed E-state index contributed by atoms with van der Waals surface area (Å²) >= 11 is 5.97. The van der Waals surface area contributed by atoms with Crippen LogP contribution in [-0.4, -0.2) is 23.9 Å². The van der Waals surface area contributed by atoms with Crippen molar-refractivity contribution in [1.29, 1.82) is 0 Å². The van der Waals surface area contributed by atoms with Crippen molar-refractivity contribution in [3.8, 4) is 0 Å². The summed E-state index contributed by atoms with van der Waals surface area (Å²) in [6.45, 7) is 0. The summed E-state index contributed by atoms with van der Waals surface area (Å²) in [6, 6.07) is 6.67. The first-order valence-corrected chi connectivity index (χ1v) is 7.58. The standard InChI is InChI=1S/C15H13ClN6O2/c1-20-12-10(13(23)21(2)15(20)24)11(8-3-5-9(16)6-4-8)22-14(19-12)17-7-18-22/h3-7,11H,1-2H3,(H,17,18,19). The lowest BCUT2D eigenvalue weighted by molar-refractivity contribution is 0.558. The Morgan fingerprint density at radius 1 is 1.12 bits per heavy atom. The quantitative estimate of drug-likeness (QED) is 0.557. The van der Waals surface area contributed by atoms with Crippen molar-refractivity contribution in [2.24, 2.45) is 14.1 Å². The highest BCUT2D eigenvalue weighted by Crippen LogP contribution is 2.35. The average molecular weight is 345 g/mol. The van der Waals surface area contributed by atoms with Gasteiger partial charge in [0.1, 0.15) is 18.2 Å². The highest BCUT2D eigenvalue weighted by atomic mass is 35.5. The molecule has 24 heavy (non-hydrogen) atoms. The molecule has 122 valence electrons.